The smallest absolute Gasteiger partial charge is 0.0181 e. The predicted octanol–water partition coefficient (Wildman–Crippen LogP) is 12.4. The van der Waals surface area contributed by atoms with Crippen LogP contribution in [-0.4, -0.2) is 0 Å². The van der Waals surface area contributed by atoms with Crippen LogP contribution in [0.25, 0.3) is 11.6 Å². The van der Waals surface area contributed by atoms with Crippen molar-refractivity contribution < 1.29 is 0 Å². The normalized spacial score (nSPS) is 13.3. The van der Waals surface area contributed by atoms with Gasteiger partial charge in [0.2, 0.25) is 0 Å². The van der Waals surface area contributed by atoms with Crippen molar-refractivity contribution >= 4 is 11.6 Å². The minimum atomic E-state index is 0.272. The van der Waals surface area contributed by atoms with E-state index in [0.717, 1.165) is 24.3 Å². The lowest BCUT2D eigenvalue weighted by molar-refractivity contribution is 0.285. The number of allylic oxidation sites excluding steroid dienone is 7. The molecular weight excluding hydrogens is 432 g/mol. The number of rotatable bonds is 10. The lowest BCUT2D eigenvalue weighted by Gasteiger charge is -2.28. The van der Waals surface area contributed by atoms with Crippen molar-refractivity contribution in [3.05, 3.63) is 83.0 Å². The molecule has 0 aliphatic rings. The maximum Gasteiger partial charge on any atom is -0.0181 e. The molecule has 0 bridgehead atoms. The summed E-state index contributed by atoms with van der Waals surface area (Å²) in [5, 5.41) is 0. The van der Waals surface area contributed by atoms with Gasteiger partial charge in [0.1, 0.15) is 0 Å². The highest BCUT2D eigenvalue weighted by Crippen LogP contribution is 2.33. The van der Waals surface area contributed by atoms with Crippen LogP contribution in [0.4, 0.5) is 0 Å². The molecule has 0 heteroatoms. The molecule has 1 atom stereocenters. The molecule has 0 saturated carbocycles. The molecule has 204 valence electrons. The maximum atomic E-state index is 4.09. The van der Waals surface area contributed by atoms with Gasteiger partial charge in [-0.2, -0.15) is 0 Å². The third-order valence-electron chi connectivity index (χ3n) is 6.85. The Hall–Kier alpha value is -2.08. The van der Waals surface area contributed by atoms with Crippen LogP contribution in [-0.2, 0) is 0 Å². The van der Waals surface area contributed by atoms with Gasteiger partial charge in [-0.3, -0.25) is 0 Å². The third-order valence-corrected chi connectivity index (χ3v) is 6.85. The molecule has 0 amide bonds. The Balaban J connectivity index is 0. The molecule has 0 radical (unpaired) electrons. The van der Waals surface area contributed by atoms with Crippen molar-refractivity contribution in [2.24, 2.45) is 17.3 Å². The molecule has 0 aromatic heterocycles. The third kappa shape index (κ3) is 13.9. The van der Waals surface area contributed by atoms with Crippen LogP contribution >= 0.6 is 0 Å². The monoisotopic (exact) mass is 492 g/mol. The van der Waals surface area contributed by atoms with Crippen molar-refractivity contribution in [3.63, 3.8) is 0 Å². The van der Waals surface area contributed by atoms with Gasteiger partial charge in [0.25, 0.3) is 0 Å². The van der Waals surface area contributed by atoms with E-state index in [1.807, 2.05) is 26.8 Å². The van der Waals surface area contributed by atoms with E-state index < -0.39 is 0 Å². The quantitative estimate of drug-likeness (QED) is 0.285. The zero-order valence-electron chi connectivity index (χ0n) is 26.4. The Labute approximate surface area is 227 Å². The zero-order chi connectivity index (χ0) is 28.5. The highest BCUT2D eigenvalue weighted by Gasteiger charge is 2.21. The fourth-order valence-corrected chi connectivity index (χ4v) is 3.85. The largest absolute Gasteiger partial charge is 0.0985 e. The molecule has 0 aliphatic heterocycles. The molecule has 0 N–H and O–H groups in total. The SMILES string of the molecule is C=CC(=C\C(C)=Cc1ccc(C(=C)C)cc1C)/C(=C/C(CC)C(C)(C)C)CC.CC.CCC(C)CC. The summed E-state index contributed by atoms with van der Waals surface area (Å²) >= 11 is 0. The summed E-state index contributed by atoms with van der Waals surface area (Å²) in [7, 11) is 0. The highest BCUT2D eigenvalue weighted by molar-refractivity contribution is 5.67. The predicted molar refractivity (Wildman–Crippen MR) is 171 cm³/mol. The number of aryl methyl sites for hydroxylation is 1. The summed E-state index contributed by atoms with van der Waals surface area (Å²) in [6.45, 7) is 36.7. The summed E-state index contributed by atoms with van der Waals surface area (Å²) in [6.07, 6.45) is 13.8. The number of hydrogen-bond acceptors (Lipinski definition) is 0. The lowest BCUT2D eigenvalue weighted by atomic mass is 9.77. The van der Waals surface area contributed by atoms with Gasteiger partial charge in [-0.15, -0.1) is 0 Å². The fourth-order valence-electron chi connectivity index (χ4n) is 3.85. The highest BCUT2D eigenvalue weighted by atomic mass is 14.3. The number of hydrogen-bond donors (Lipinski definition) is 0. The fraction of sp³-hybridized carbons (Fsp3) is 0.556. The Morgan fingerprint density at radius 3 is 1.86 bits per heavy atom. The zero-order valence-corrected chi connectivity index (χ0v) is 26.4. The van der Waals surface area contributed by atoms with Crippen molar-refractivity contribution in [1.82, 2.24) is 0 Å². The summed E-state index contributed by atoms with van der Waals surface area (Å²) in [5.74, 6) is 1.50. The molecule has 0 spiro atoms. The summed E-state index contributed by atoms with van der Waals surface area (Å²) < 4.78 is 0. The molecule has 1 aromatic carbocycles. The van der Waals surface area contributed by atoms with Gasteiger partial charge in [-0.1, -0.05) is 143 Å². The van der Waals surface area contributed by atoms with Gasteiger partial charge in [-0.05, 0) is 84.3 Å². The molecule has 36 heavy (non-hydrogen) atoms. The van der Waals surface area contributed by atoms with Crippen LogP contribution in [0.3, 0.4) is 0 Å². The second kappa shape index (κ2) is 19.1. The molecule has 0 heterocycles. The summed E-state index contributed by atoms with van der Waals surface area (Å²) in [4.78, 5) is 0. The Bertz CT molecular complexity index is 860. The van der Waals surface area contributed by atoms with Gasteiger partial charge >= 0.3 is 0 Å². The molecule has 1 rings (SSSR count). The van der Waals surface area contributed by atoms with E-state index in [4.69, 9.17) is 0 Å². The minimum Gasteiger partial charge on any atom is -0.0985 e. The molecule has 0 saturated heterocycles. The van der Waals surface area contributed by atoms with Gasteiger partial charge in [0.05, 0.1) is 0 Å². The van der Waals surface area contributed by atoms with E-state index in [-0.39, 0.29) is 5.41 Å². The van der Waals surface area contributed by atoms with E-state index in [1.54, 1.807) is 0 Å². The van der Waals surface area contributed by atoms with E-state index in [1.165, 1.54) is 46.3 Å². The Morgan fingerprint density at radius 1 is 0.972 bits per heavy atom. The van der Waals surface area contributed by atoms with Crippen LogP contribution in [0, 0.1) is 24.2 Å². The van der Waals surface area contributed by atoms with E-state index in [2.05, 4.69) is 119 Å². The van der Waals surface area contributed by atoms with Crippen LogP contribution in [0.15, 0.2) is 66.3 Å². The second-order valence-electron chi connectivity index (χ2n) is 10.9. The lowest BCUT2D eigenvalue weighted by Crippen LogP contribution is -2.18. The van der Waals surface area contributed by atoms with Gasteiger partial charge < -0.3 is 0 Å². The molecule has 1 unspecified atom stereocenters. The van der Waals surface area contributed by atoms with Crippen LogP contribution < -0.4 is 0 Å². The Morgan fingerprint density at radius 2 is 1.53 bits per heavy atom. The van der Waals surface area contributed by atoms with E-state index >= 15 is 0 Å². The summed E-state index contributed by atoms with van der Waals surface area (Å²) in [5.41, 5.74) is 8.97. The van der Waals surface area contributed by atoms with Crippen molar-refractivity contribution in [1.29, 1.82) is 0 Å². The molecule has 0 nitrogen and oxygen atoms in total. The average molecular weight is 493 g/mol. The second-order valence-corrected chi connectivity index (χ2v) is 10.9. The van der Waals surface area contributed by atoms with Crippen LogP contribution in [0.1, 0.15) is 125 Å². The van der Waals surface area contributed by atoms with Crippen LogP contribution in [0.2, 0.25) is 0 Å². The Kier molecular flexibility index (Phi) is 19.1. The minimum absolute atomic E-state index is 0.272. The first-order valence-corrected chi connectivity index (χ1v) is 14.3. The maximum absolute atomic E-state index is 4.09. The van der Waals surface area contributed by atoms with Gasteiger partial charge in [0, 0.05) is 0 Å². The topological polar surface area (TPSA) is 0 Å². The average Bonchev–Trinajstić information content (AvgIpc) is 2.85. The van der Waals surface area contributed by atoms with E-state index in [0.29, 0.717) is 5.92 Å². The van der Waals surface area contributed by atoms with Crippen LogP contribution in [0.5, 0.6) is 0 Å². The molecule has 1 aromatic rings. The van der Waals surface area contributed by atoms with Gasteiger partial charge in [-0.25, -0.2) is 0 Å². The first-order valence-electron chi connectivity index (χ1n) is 14.3. The van der Waals surface area contributed by atoms with Crippen molar-refractivity contribution in [2.75, 3.05) is 0 Å². The molecular formula is C36H60. The van der Waals surface area contributed by atoms with E-state index in [9.17, 15) is 0 Å². The standard InChI is InChI=1S/C28H40.C6H14.C2H6/c1-11-23(24(12-2)19-27(13-3)28(8,9)10)16-21(6)17-26-15-14-25(20(4)5)18-22(26)7;1-4-6(3)5-2;1-2/h11,14-19,27H,1,4,12-13H2,2-3,5-10H3;6H,4-5H2,1-3H3;1-2H3/b21-17?,23-16+,24-19+;;. The van der Waals surface area contributed by atoms with Crippen molar-refractivity contribution in [3.8, 4) is 0 Å². The number of benzene rings is 1. The molecule has 0 fully saturated rings. The van der Waals surface area contributed by atoms with Gasteiger partial charge in [0.15, 0.2) is 0 Å². The first-order chi connectivity index (χ1) is 16.8. The first kappa shape index (κ1) is 36.1. The summed E-state index contributed by atoms with van der Waals surface area (Å²) in [6, 6.07) is 6.55. The van der Waals surface area contributed by atoms with Crippen molar-refractivity contribution in [2.45, 2.75) is 116 Å². The molecule has 0 aliphatic carbocycles.